The Morgan fingerprint density at radius 1 is 1.75 bits per heavy atom. The molecular weight excluding hydrogens is 224 g/mol. The predicted molar refractivity (Wildman–Crippen MR) is 64.3 cm³/mol. The molecule has 1 N–H and O–H groups in total. The number of nitriles is 1. The number of amidine groups is 1. The number of rotatable bonds is 6. The van der Waals surface area contributed by atoms with Crippen molar-refractivity contribution in [1.82, 2.24) is 10.5 Å². The third kappa shape index (κ3) is 4.84. The van der Waals surface area contributed by atoms with E-state index in [1.54, 1.807) is 25.1 Å². The third-order valence-electron chi connectivity index (χ3n) is 1.83. The van der Waals surface area contributed by atoms with Gasteiger partial charge in [-0.25, -0.2) is 0 Å². The van der Waals surface area contributed by atoms with Gasteiger partial charge < -0.3 is 9.84 Å². The van der Waals surface area contributed by atoms with Crippen LogP contribution in [0.4, 0.5) is 0 Å². The first-order valence-corrected chi connectivity index (χ1v) is 6.05. The van der Waals surface area contributed by atoms with Crippen molar-refractivity contribution in [3.63, 3.8) is 0 Å². The number of hydrogen-bond donors (Lipinski definition) is 1. The van der Waals surface area contributed by atoms with Crippen LogP contribution < -0.4 is 5.32 Å². The second-order valence-corrected chi connectivity index (χ2v) is 4.08. The Morgan fingerprint density at radius 2 is 2.62 bits per heavy atom. The molecule has 0 aliphatic carbocycles. The second-order valence-electron chi connectivity index (χ2n) is 2.98. The fourth-order valence-electron chi connectivity index (χ4n) is 1.05. The summed E-state index contributed by atoms with van der Waals surface area (Å²) in [5, 5.41) is 15.4. The van der Waals surface area contributed by atoms with Gasteiger partial charge in [0.25, 0.3) is 0 Å². The van der Waals surface area contributed by atoms with Crippen molar-refractivity contribution in [2.24, 2.45) is 4.99 Å². The van der Waals surface area contributed by atoms with Crippen LogP contribution in [-0.2, 0) is 5.75 Å². The van der Waals surface area contributed by atoms with Gasteiger partial charge >= 0.3 is 0 Å². The number of hydrogen-bond acceptors (Lipinski definition) is 5. The van der Waals surface area contributed by atoms with Crippen molar-refractivity contribution in [3.8, 4) is 6.07 Å². The Labute approximate surface area is 98.9 Å². The van der Waals surface area contributed by atoms with E-state index in [9.17, 15) is 0 Å². The lowest BCUT2D eigenvalue weighted by Crippen LogP contribution is -2.25. The predicted octanol–water partition coefficient (Wildman–Crippen LogP) is 1.44. The maximum absolute atomic E-state index is 8.50. The van der Waals surface area contributed by atoms with Crippen LogP contribution in [0.3, 0.4) is 0 Å². The van der Waals surface area contributed by atoms with Crippen LogP contribution in [-0.4, -0.2) is 30.3 Å². The van der Waals surface area contributed by atoms with E-state index in [1.165, 1.54) is 0 Å². The summed E-state index contributed by atoms with van der Waals surface area (Å²) >= 11 is 1.76. The van der Waals surface area contributed by atoms with Gasteiger partial charge in [-0.15, -0.1) is 0 Å². The Morgan fingerprint density at radius 3 is 3.25 bits per heavy atom. The van der Waals surface area contributed by atoms with E-state index in [0.29, 0.717) is 6.42 Å². The average molecular weight is 238 g/mol. The zero-order valence-electron chi connectivity index (χ0n) is 9.14. The second kappa shape index (κ2) is 7.77. The number of aromatic nitrogens is 1. The molecule has 0 fully saturated rings. The minimum atomic E-state index is 0.338. The van der Waals surface area contributed by atoms with Crippen molar-refractivity contribution in [2.45, 2.75) is 12.2 Å². The Hall–Kier alpha value is -1.48. The normalized spacial score (nSPS) is 11.1. The van der Waals surface area contributed by atoms with Crippen molar-refractivity contribution < 1.29 is 4.52 Å². The van der Waals surface area contributed by atoms with Gasteiger partial charge in [0.2, 0.25) is 0 Å². The quantitative estimate of drug-likeness (QED) is 0.461. The zero-order valence-corrected chi connectivity index (χ0v) is 9.96. The minimum absolute atomic E-state index is 0.338. The largest absolute Gasteiger partial charge is 0.372 e. The summed E-state index contributed by atoms with van der Waals surface area (Å²) in [5.41, 5.74) is 0.950. The summed E-state index contributed by atoms with van der Waals surface area (Å²) in [7, 11) is 1.68. The minimum Gasteiger partial charge on any atom is -0.372 e. The van der Waals surface area contributed by atoms with E-state index < -0.39 is 0 Å². The maximum Gasteiger partial charge on any atom is 0.124 e. The van der Waals surface area contributed by atoms with Gasteiger partial charge in [0.1, 0.15) is 12.1 Å². The molecule has 0 unspecified atom stereocenters. The smallest absolute Gasteiger partial charge is 0.124 e. The van der Waals surface area contributed by atoms with E-state index >= 15 is 0 Å². The summed E-state index contributed by atoms with van der Waals surface area (Å²) in [5.74, 6) is 2.52. The number of aliphatic imine (C=N–C) groups is 1. The highest BCUT2D eigenvalue weighted by atomic mass is 32.2. The molecule has 0 aromatic carbocycles. The van der Waals surface area contributed by atoms with Gasteiger partial charge in [0.05, 0.1) is 18.2 Å². The Kier molecular flexibility index (Phi) is 6.11. The molecule has 0 radical (unpaired) electrons. The van der Waals surface area contributed by atoms with E-state index in [4.69, 9.17) is 9.78 Å². The first-order valence-electron chi connectivity index (χ1n) is 4.90. The summed E-state index contributed by atoms with van der Waals surface area (Å²) in [6, 6.07) is 3.92. The Balaban J connectivity index is 2.06. The highest BCUT2D eigenvalue weighted by molar-refractivity contribution is 7.98. The van der Waals surface area contributed by atoms with Gasteiger partial charge in [-0.05, 0) is 0 Å². The monoisotopic (exact) mass is 238 g/mol. The van der Waals surface area contributed by atoms with Gasteiger partial charge in [0, 0.05) is 31.2 Å². The van der Waals surface area contributed by atoms with E-state index in [2.05, 4.69) is 21.5 Å². The van der Waals surface area contributed by atoms with Crippen LogP contribution in [0.15, 0.2) is 21.8 Å². The molecule has 0 atom stereocenters. The standard InChI is InChI=1S/C10H14N4OS/c1-12-10(2-4-11)13-5-7-16-8-9-3-6-15-14-9/h3,6H,2,5,7-8H2,1H3,(H,12,13). The molecule has 1 heterocycles. The van der Waals surface area contributed by atoms with Gasteiger partial charge in [-0.3, -0.25) is 4.99 Å². The van der Waals surface area contributed by atoms with Crippen LogP contribution in [0.1, 0.15) is 12.1 Å². The molecule has 16 heavy (non-hydrogen) atoms. The summed E-state index contributed by atoms with van der Waals surface area (Å²) in [6.45, 7) is 0.802. The third-order valence-corrected chi connectivity index (χ3v) is 2.83. The topological polar surface area (TPSA) is 74.2 Å². The van der Waals surface area contributed by atoms with E-state index in [1.807, 2.05) is 6.07 Å². The fourth-order valence-corrected chi connectivity index (χ4v) is 1.80. The molecule has 86 valence electrons. The lowest BCUT2D eigenvalue weighted by molar-refractivity contribution is 0.414. The van der Waals surface area contributed by atoms with Crippen LogP contribution in [0, 0.1) is 11.3 Å². The van der Waals surface area contributed by atoms with Crippen LogP contribution in [0.5, 0.6) is 0 Å². The zero-order chi connectivity index (χ0) is 11.6. The lowest BCUT2D eigenvalue weighted by Gasteiger charge is -2.05. The molecule has 0 bridgehead atoms. The van der Waals surface area contributed by atoms with Crippen molar-refractivity contribution in [1.29, 1.82) is 5.26 Å². The number of nitrogens with one attached hydrogen (secondary N) is 1. The molecule has 1 aromatic heterocycles. The summed E-state index contributed by atoms with van der Waals surface area (Å²) < 4.78 is 4.72. The molecule has 0 saturated heterocycles. The van der Waals surface area contributed by atoms with Crippen molar-refractivity contribution >= 4 is 17.6 Å². The molecule has 0 aliphatic rings. The molecule has 1 aromatic rings. The molecule has 6 heteroatoms. The van der Waals surface area contributed by atoms with E-state index in [-0.39, 0.29) is 0 Å². The summed E-state index contributed by atoms with van der Waals surface area (Å²) in [6.07, 6.45) is 1.91. The first kappa shape index (κ1) is 12.6. The first-order chi connectivity index (χ1) is 7.86. The fraction of sp³-hybridized carbons (Fsp3) is 0.500. The molecule has 0 spiro atoms. The maximum atomic E-state index is 8.50. The summed E-state index contributed by atoms with van der Waals surface area (Å²) in [4.78, 5) is 3.97. The number of thioether (sulfide) groups is 1. The molecule has 0 amide bonds. The van der Waals surface area contributed by atoms with Crippen LogP contribution in [0.25, 0.3) is 0 Å². The Bertz CT molecular complexity index is 355. The highest BCUT2D eigenvalue weighted by Crippen LogP contribution is 2.08. The van der Waals surface area contributed by atoms with Gasteiger partial charge in [0.15, 0.2) is 0 Å². The lowest BCUT2D eigenvalue weighted by atomic mass is 10.4. The van der Waals surface area contributed by atoms with E-state index in [0.717, 1.165) is 29.6 Å². The highest BCUT2D eigenvalue weighted by Gasteiger charge is 1.98. The average Bonchev–Trinajstić information content (AvgIpc) is 2.80. The SMILES string of the molecule is CN=C(CC#N)NCCSCc1ccon1. The van der Waals surface area contributed by atoms with Crippen LogP contribution in [0.2, 0.25) is 0 Å². The molecule has 5 nitrogen and oxygen atoms in total. The molecule has 0 aliphatic heterocycles. The van der Waals surface area contributed by atoms with Gasteiger partial charge in [-0.2, -0.15) is 17.0 Å². The van der Waals surface area contributed by atoms with Crippen molar-refractivity contribution in [3.05, 3.63) is 18.0 Å². The molecular formula is C10H14N4OS. The van der Waals surface area contributed by atoms with Crippen LogP contribution >= 0.6 is 11.8 Å². The molecule has 0 saturated carbocycles. The van der Waals surface area contributed by atoms with Gasteiger partial charge in [-0.1, -0.05) is 5.16 Å². The number of nitrogens with zero attached hydrogens (tertiary/aromatic N) is 3. The van der Waals surface area contributed by atoms with Crippen molar-refractivity contribution in [2.75, 3.05) is 19.3 Å². The molecule has 1 rings (SSSR count).